The molecule has 2 aliphatic carbocycles. The number of pyridine rings is 1. The van der Waals surface area contributed by atoms with Crippen molar-refractivity contribution in [3.63, 3.8) is 0 Å². The predicted molar refractivity (Wildman–Crippen MR) is 192 cm³/mol. The third kappa shape index (κ3) is 11.7. The van der Waals surface area contributed by atoms with Gasteiger partial charge < -0.3 is 17.5 Å². The maximum atomic E-state index is 9.64. The van der Waals surface area contributed by atoms with Crippen LogP contribution in [0.25, 0.3) is 12.2 Å². The first-order valence-electron chi connectivity index (χ1n) is 16.6. The van der Waals surface area contributed by atoms with Crippen molar-refractivity contribution in [1.29, 1.82) is 0 Å². The Morgan fingerprint density at radius 3 is 1.82 bits per heavy atom. The Labute approximate surface area is 281 Å². The molecule has 0 saturated heterocycles. The molecule has 0 atom stereocenters. The van der Waals surface area contributed by atoms with Gasteiger partial charge >= 0.3 is 0 Å². The standard InChI is InChI=1S/C42H58NO.ClH/c1-32(20-22-39-35(4)17-12-25-41(39,6)7)14-10-16-34(3)30-38-31-37(24-27-43(38)28-29-44)19-11-15-33(2)21-23-40-36(5)18-13-26-42(40,8)9;/h10-11,14-16,19-24,27,30-31,44H,12-13,17-18,25-26,28-29H2,1-9H3;1H/q+1;/p-1/b16-10+,19-11+,22-20+,23-21+,32-14+,33-15+,34-30+;. The lowest BCUT2D eigenvalue weighted by molar-refractivity contribution is -0.699. The molecule has 0 bridgehead atoms. The first kappa shape index (κ1) is 38.2. The number of halogens is 1. The summed E-state index contributed by atoms with van der Waals surface area (Å²) in [6, 6.07) is 4.29. The van der Waals surface area contributed by atoms with Crippen molar-refractivity contribution >= 4 is 12.2 Å². The summed E-state index contributed by atoms with van der Waals surface area (Å²) in [5.74, 6) is 0. The van der Waals surface area contributed by atoms with Gasteiger partial charge in [0, 0.05) is 18.2 Å². The maximum absolute atomic E-state index is 9.64. The zero-order valence-corrected chi connectivity index (χ0v) is 30.3. The molecule has 2 nitrogen and oxygen atoms in total. The van der Waals surface area contributed by atoms with E-state index in [1.54, 1.807) is 0 Å². The van der Waals surface area contributed by atoms with Crippen LogP contribution in [0.2, 0.25) is 0 Å². The number of aromatic nitrogens is 1. The van der Waals surface area contributed by atoms with Gasteiger partial charge in [-0.25, -0.2) is 0 Å². The molecule has 2 aliphatic rings. The van der Waals surface area contributed by atoms with Gasteiger partial charge in [-0.05, 0) is 106 Å². The van der Waals surface area contributed by atoms with Crippen molar-refractivity contribution in [2.24, 2.45) is 10.8 Å². The highest BCUT2D eigenvalue weighted by molar-refractivity contribution is 5.57. The number of nitrogens with zero attached hydrogens (tertiary/aromatic N) is 1. The highest BCUT2D eigenvalue weighted by atomic mass is 35.5. The van der Waals surface area contributed by atoms with E-state index < -0.39 is 0 Å². The molecule has 244 valence electrons. The number of allylic oxidation sites excluding steroid dienone is 16. The maximum Gasteiger partial charge on any atom is 0.206 e. The summed E-state index contributed by atoms with van der Waals surface area (Å²) in [7, 11) is 0. The molecular weight excluding hydrogens is 570 g/mol. The van der Waals surface area contributed by atoms with Crippen LogP contribution in [-0.2, 0) is 6.54 Å². The Balaban J connectivity index is 0.00000705. The van der Waals surface area contributed by atoms with Crippen LogP contribution in [0.3, 0.4) is 0 Å². The third-order valence-electron chi connectivity index (χ3n) is 9.29. The van der Waals surface area contributed by atoms with Crippen LogP contribution in [0, 0.1) is 10.8 Å². The highest BCUT2D eigenvalue weighted by Crippen LogP contribution is 2.41. The minimum absolute atomic E-state index is 0. The van der Waals surface area contributed by atoms with Gasteiger partial charge in [-0.2, -0.15) is 4.57 Å². The molecule has 3 heteroatoms. The summed E-state index contributed by atoms with van der Waals surface area (Å²) in [6.07, 6.45) is 33.9. The van der Waals surface area contributed by atoms with Crippen molar-refractivity contribution < 1.29 is 22.1 Å². The van der Waals surface area contributed by atoms with Crippen molar-refractivity contribution in [1.82, 2.24) is 0 Å². The number of aliphatic hydroxyl groups excluding tert-OH is 1. The quantitative estimate of drug-likeness (QED) is 0.195. The van der Waals surface area contributed by atoms with E-state index in [2.05, 4.69) is 152 Å². The Morgan fingerprint density at radius 2 is 1.31 bits per heavy atom. The fourth-order valence-corrected chi connectivity index (χ4v) is 6.61. The second-order valence-corrected chi connectivity index (χ2v) is 14.3. The number of hydrogen-bond acceptors (Lipinski definition) is 1. The minimum atomic E-state index is 0. The molecule has 3 rings (SSSR count). The summed E-state index contributed by atoms with van der Waals surface area (Å²) in [6.45, 7) is 21.2. The van der Waals surface area contributed by atoms with Crippen LogP contribution in [0.15, 0.2) is 112 Å². The smallest absolute Gasteiger partial charge is 0.206 e. The van der Waals surface area contributed by atoms with Gasteiger partial charge in [-0.15, -0.1) is 0 Å². The van der Waals surface area contributed by atoms with E-state index in [0.717, 1.165) is 16.8 Å². The summed E-state index contributed by atoms with van der Waals surface area (Å²) in [4.78, 5) is 0. The third-order valence-corrected chi connectivity index (χ3v) is 9.29. The summed E-state index contributed by atoms with van der Waals surface area (Å²) < 4.78 is 2.10. The zero-order valence-electron chi connectivity index (χ0n) is 29.5. The molecule has 1 heterocycles. The fourth-order valence-electron chi connectivity index (χ4n) is 6.61. The number of rotatable bonds is 11. The molecule has 1 aromatic heterocycles. The van der Waals surface area contributed by atoms with E-state index in [1.807, 2.05) is 0 Å². The molecule has 0 saturated carbocycles. The van der Waals surface area contributed by atoms with E-state index >= 15 is 0 Å². The summed E-state index contributed by atoms with van der Waals surface area (Å²) in [5, 5.41) is 9.64. The lowest BCUT2D eigenvalue weighted by Crippen LogP contribution is -3.00. The van der Waals surface area contributed by atoms with E-state index in [1.165, 1.54) is 72.0 Å². The first-order chi connectivity index (χ1) is 20.8. The largest absolute Gasteiger partial charge is 1.00 e. The summed E-state index contributed by atoms with van der Waals surface area (Å²) in [5.41, 5.74) is 12.4. The predicted octanol–water partition coefficient (Wildman–Crippen LogP) is 8.00. The molecule has 0 aliphatic heterocycles. The fraction of sp³-hybridized carbons (Fsp3) is 0.452. The van der Waals surface area contributed by atoms with Crippen LogP contribution in [-0.4, -0.2) is 11.7 Å². The van der Waals surface area contributed by atoms with E-state index in [9.17, 15) is 5.11 Å². The first-order valence-corrected chi connectivity index (χ1v) is 16.6. The minimum Gasteiger partial charge on any atom is -1.00 e. The number of aliphatic hydroxyl groups is 1. The Morgan fingerprint density at radius 1 is 0.778 bits per heavy atom. The molecule has 0 radical (unpaired) electrons. The van der Waals surface area contributed by atoms with Crippen molar-refractivity contribution in [3.8, 4) is 0 Å². The van der Waals surface area contributed by atoms with Crippen LogP contribution in [0.1, 0.15) is 112 Å². The molecule has 1 aromatic rings. The van der Waals surface area contributed by atoms with E-state index in [-0.39, 0.29) is 29.8 Å². The Kier molecular flexibility index (Phi) is 15.0. The molecular formula is C42H58ClNO. The van der Waals surface area contributed by atoms with Gasteiger partial charge in [0.15, 0.2) is 12.7 Å². The zero-order chi connectivity index (χ0) is 32.3. The van der Waals surface area contributed by atoms with Crippen LogP contribution >= 0.6 is 0 Å². The van der Waals surface area contributed by atoms with Gasteiger partial charge in [0.1, 0.15) is 6.61 Å². The second kappa shape index (κ2) is 17.7. The van der Waals surface area contributed by atoms with Gasteiger partial charge in [-0.1, -0.05) is 111 Å². The van der Waals surface area contributed by atoms with Gasteiger partial charge in [-0.3, -0.25) is 0 Å². The molecule has 0 fully saturated rings. The monoisotopic (exact) mass is 627 g/mol. The van der Waals surface area contributed by atoms with E-state index in [0.29, 0.717) is 6.54 Å². The van der Waals surface area contributed by atoms with Crippen molar-refractivity contribution in [2.75, 3.05) is 6.61 Å². The van der Waals surface area contributed by atoms with Gasteiger partial charge in [0.05, 0.1) is 0 Å². The van der Waals surface area contributed by atoms with Crippen LogP contribution in [0.4, 0.5) is 0 Å². The Bertz CT molecular complexity index is 1450. The SMILES string of the molecule is CC1=C(/C=C/C(C)=C/C=C/C(C)=C/c2cc(/C=C/C=C(C)/C=C/C3=C(C)CCCC3(C)C)cc[n+]2CCO)C(C)(C)CCC1.[Cl-]. The topological polar surface area (TPSA) is 24.1 Å². The summed E-state index contributed by atoms with van der Waals surface area (Å²) >= 11 is 0. The Hall–Kier alpha value is -2.94. The lowest BCUT2D eigenvalue weighted by Gasteiger charge is -2.33. The van der Waals surface area contributed by atoms with Crippen LogP contribution in [0.5, 0.6) is 0 Å². The molecule has 0 unspecified atom stereocenters. The molecule has 45 heavy (non-hydrogen) atoms. The average Bonchev–Trinajstić information content (AvgIpc) is 2.93. The van der Waals surface area contributed by atoms with Gasteiger partial charge in [0.25, 0.3) is 0 Å². The van der Waals surface area contributed by atoms with E-state index in [4.69, 9.17) is 0 Å². The normalized spacial score (nSPS) is 19.9. The molecule has 1 N–H and O–H groups in total. The average molecular weight is 628 g/mol. The molecule has 0 spiro atoms. The number of hydrogen-bond donors (Lipinski definition) is 1. The van der Waals surface area contributed by atoms with Crippen LogP contribution < -0.4 is 17.0 Å². The molecule has 0 amide bonds. The second-order valence-electron chi connectivity index (χ2n) is 14.3. The van der Waals surface area contributed by atoms with Crippen molar-refractivity contribution in [2.45, 2.75) is 107 Å². The molecule has 0 aromatic carbocycles. The van der Waals surface area contributed by atoms with Crippen molar-refractivity contribution in [3.05, 3.63) is 123 Å². The van der Waals surface area contributed by atoms with Gasteiger partial charge in [0.2, 0.25) is 5.69 Å². The highest BCUT2D eigenvalue weighted by Gasteiger charge is 2.27. The lowest BCUT2D eigenvalue weighted by atomic mass is 9.72.